The van der Waals surface area contributed by atoms with Crippen molar-refractivity contribution in [2.45, 2.75) is 37.9 Å². The lowest BCUT2D eigenvalue weighted by Crippen LogP contribution is -2.27. The summed E-state index contributed by atoms with van der Waals surface area (Å²) in [5.41, 5.74) is 9.41. The fourth-order valence-electron chi connectivity index (χ4n) is 3.66. The van der Waals surface area contributed by atoms with E-state index in [4.69, 9.17) is 5.73 Å². The molecular formula is C21H23N3O. The predicted molar refractivity (Wildman–Crippen MR) is 101 cm³/mol. The Labute approximate surface area is 147 Å². The molecule has 4 nitrogen and oxygen atoms in total. The van der Waals surface area contributed by atoms with E-state index in [9.17, 15) is 5.11 Å². The number of aromatic hydroxyl groups is 1. The minimum atomic E-state index is 0.275. The number of hydrogen-bond acceptors (Lipinski definition) is 4. The molecule has 2 aromatic carbocycles. The highest BCUT2D eigenvalue weighted by Gasteiger charge is 2.20. The van der Waals surface area contributed by atoms with Crippen molar-refractivity contribution in [2.75, 3.05) is 0 Å². The van der Waals surface area contributed by atoms with E-state index in [0.29, 0.717) is 12.1 Å². The van der Waals surface area contributed by atoms with E-state index in [1.54, 1.807) is 12.1 Å². The molecule has 1 aliphatic carbocycles. The van der Waals surface area contributed by atoms with Gasteiger partial charge in [-0.15, -0.1) is 0 Å². The lowest BCUT2D eigenvalue weighted by Gasteiger charge is -2.13. The summed E-state index contributed by atoms with van der Waals surface area (Å²) in [4.78, 5) is 4.37. The van der Waals surface area contributed by atoms with Gasteiger partial charge in [0.1, 0.15) is 5.75 Å². The van der Waals surface area contributed by atoms with E-state index in [1.807, 2.05) is 24.5 Å². The lowest BCUT2D eigenvalue weighted by atomic mass is 9.99. The Morgan fingerprint density at radius 2 is 1.92 bits per heavy atom. The predicted octanol–water partition coefficient (Wildman–Crippen LogP) is 3.58. The molecule has 128 valence electrons. The summed E-state index contributed by atoms with van der Waals surface area (Å²) < 4.78 is 0. The average molecular weight is 333 g/mol. The summed E-state index contributed by atoms with van der Waals surface area (Å²) in [6.45, 7) is 0.852. The van der Waals surface area contributed by atoms with Gasteiger partial charge in [-0.05, 0) is 54.0 Å². The maximum atomic E-state index is 9.52. The van der Waals surface area contributed by atoms with E-state index in [2.05, 4.69) is 28.5 Å². The maximum Gasteiger partial charge on any atom is 0.115 e. The van der Waals surface area contributed by atoms with Crippen LogP contribution < -0.4 is 11.1 Å². The average Bonchev–Trinajstić information content (AvgIpc) is 3.05. The SMILES string of the molecule is NC1CCC(NCc2ccc3cncc(-c4ccc(O)cc4)c3c2)C1. The molecule has 4 rings (SSSR count). The van der Waals surface area contributed by atoms with Crippen molar-refractivity contribution in [3.63, 3.8) is 0 Å². The normalized spacial score (nSPS) is 20.2. The quantitative estimate of drug-likeness (QED) is 0.682. The molecule has 25 heavy (non-hydrogen) atoms. The second-order valence-corrected chi connectivity index (χ2v) is 6.94. The number of nitrogens with two attached hydrogens (primary N) is 1. The minimum Gasteiger partial charge on any atom is -0.508 e. The van der Waals surface area contributed by atoms with Gasteiger partial charge in [-0.25, -0.2) is 0 Å². The van der Waals surface area contributed by atoms with Gasteiger partial charge in [-0.2, -0.15) is 0 Å². The number of nitrogens with zero attached hydrogens (tertiary/aromatic N) is 1. The van der Waals surface area contributed by atoms with E-state index < -0.39 is 0 Å². The Morgan fingerprint density at radius 1 is 1.08 bits per heavy atom. The van der Waals surface area contributed by atoms with E-state index in [1.165, 1.54) is 10.9 Å². The summed E-state index contributed by atoms with van der Waals surface area (Å²) in [6, 6.07) is 14.7. The number of phenolic OH excluding ortho intramolecular Hbond substituents is 1. The Kier molecular flexibility index (Phi) is 4.38. The number of fused-ring (bicyclic) bond motifs is 1. The standard InChI is InChI=1S/C21H23N3O/c22-17-5-6-18(10-17)24-11-14-1-2-16-12-23-13-21(20(16)9-14)15-3-7-19(25)8-4-15/h1-4,7-9,12-13,17-18,24-25H,5-6,10-11,22H2. The van der Waals surface area contributed by atoms with E-state index in [-0.39, 0.29) is 5.75 Å². The second kappa shape index (κ2) is 6.82. The number of aromatic nitrogens is 1. The number of phenols is 1. The van der Waals surface area contributed by atoms with Crippen molar-refractivity contribution < 1.29 is 5.11 Å². The Bertz CT molecular complexity index is 876. The van der Waals surface area contributed by atoms with Gasteiger partial charge in [0.25, 0.3) is 0 Å². The van der Waals surface area contributed by atoms with Crippen LogP contribution >= 0.6 is 0 Å². The molecule has 4 heteroatoms. The van der Waals surface area contributed by atoms with E-state index >= 15 is 0 Å². The van der Waals surface area contributed by atoms with Crippen molar-refractivity contribution in [1.82, 2.24) is 10.3 Å². The number of rotatable bonds is 4. The first kappa shape index (κ1) is 16.1. The molecule has 0 spiro atoms. The maximum absolute atomic E-state index is 9.52. The lowest BCUT2D eigenvalue weighted by molar-refractivity contribution is 0.475. The number of nitrogens with one attached hydrogen (secondary N) is 1. The van der Waals surface area contributed by atoms with Gasteiger partial charge in [0.2, 0.25) is 0 Å². The smallest absolute Gasteiger partial charge is 0.115 e. The van der Waals surface area contributed by atoms with Gasteiger partial charge < -0.3 is 16.2 Å². The summed E-state index contributed by atoms with van der Waals surface area (Å²) in [7, 11) is 0. The zero-order valence-corrected chi connectivity index (χ0v) is 14.2. The van der Waals surface area contributed by atoms with Gasteiger partial charge >= 0.3 is 0 Å². The molecular weight excluding hydrogens is 310 g/mol. The third-order valence-electron chi connectivity index (χ3n) is 5.07. The van der Waals surface area contributed by atoms with Gasteiger partial charge in [0.05, 0.1) is 0 Å². The third kappa shape index (κ3) is 3.50. The topological polar surface area (TPSA) is 71.2 Å². The molecule has 1 fully saturated rings. The molecule has 1 aliphatic rings. The van der Waals surface area contributed by atoms with Gasteiger partial charge in [0, 0.05) is 42.0 Å². The van der Waals surface area contributed by atoms with Crippen molar-refractivity contribution in [1.29, 1.82) is 0 Å². The van der Waals surface area contributed by atoms with Crippen LogP contribution in [0.4, 0.5) is 0 Å². The van der Waals surface area contributed by atoms with Crippen LogP contribution in [0.15, 0.2) is 54.9 Å². The molecule has 1 aromatic heterocycles. The van der Waals surface area contributed by atoms with Crippen molar-refractivity contribution in [3.05, 3.63) is 60.4 Å². The molecule has 2 unspecified atom stereocenters. The van der Waals surface area contributed by atoms with Crippen LogP contribution in [0.3, 0.4) is 0 Å². The summed E-state index contributed by atoms with van der Waals surface area (Å²) in [5, 5.41) is 15.5. The highest BCUT2D eigenvalue weighted by atomic mass is 16.3. The summed E-state index contributed by atoms with van der Waals surface area (Å²) >= 11 is 0. The molecule has 1 saturated carbocycles. The Morgan fingerprint density at radius 3 is 2.68 bits per heavy atom. The molecule has 0 amide bonds. The van der Waals surface area contributed by atoms with Crippen LogP contribution in [0.5, 0.6) is 5.75 Å². The van der Waals surface area contributed by atoms with Crippen LogP contribution in [-0.2, 0) is 6.54 Å². The van der Waals surface area contributed by atoms with Crippen LogP contribution in [-0.4, -0.2) is 22.2 Å². The fraction of sp³-hybridized carbons (Fsp3) is 0.286. The summed E-state index contributed by atoms with van der Waals surface area (Å²) in [5.74, 6) is 0.275. The highest BCUT2D eigenvalue weighted by Crippen LogP contribution is 2.29. The second-order valence-electron chi connectivity index (χ2n) is 6.94. The van der Waals surface area contributed by atoms with Gasteiger partial charge in [-0.1, -0.05) is 24.3 Å². The van der Waals surface area contributed by atoms with Gasteiger partial charge in [0.15, 0.2) is 0 Å². The first-order chi connectivity index (χ1) is 12.2. The monoisotopic (exact) mass is 333 g/mol. The van der Waals surface area contributed by atoms with Crippen LogP contribution in [0, 0.1) is 0 Å². The molecule has 0 radical (unpaired) electrons. The summed E-state index contributed by atoms with van der Waals surface area (Å²) in [6.07, 6.45) is 7.13. The van der Waals surface area contributed by atoms with E-state index in [0.717, 1.165) is 42.3 Å². The molecule has 3 aromatic rings. The first-order valence-electron chi connectivity index (χ1n) is 8.84. The van der Waals surface area contributed by atoms with Crippen LogP contribution in [0.2, 0.25) is 0 Å². The third-order valence-corrected chi connectivity index (χ3v) is 5.07. The molecule has 0 bridgehead atoms. The minimum absolute atomic E-state index is 0.275. The number of benzene rings is 2. The van der Waals surface area contributed by atoms with Crippen molar-refractivity contribution in [2.24, 2.45) is 5.73 Å². The largest absolute Gasteiger partial charge is 0.508 e. The zero-order chi connectivity index (χ0) is 17.2. The fourth-order valence-corrected chi connectivity index (χ4v) is 3.66. The van der Waals surface area contributed by atoms with Crippen molar-refractivity contribution >= 4 is 10.8 Å². The first-order valence-corrected chi connectivity index (χ1v) is 8.84. The zero-order valence-electron chi connectivity index (χ0n) is 14.2. The number of pyridine rings is 1. The molecule has 0 aliphatic heterocycles. The molecule has 1 heterocycles. The van der Waals surface area contributed by atoms with Gasteiger partial charge in [-0.3, -0.25) is 4.98 Å². The Hall–Kier alpha value is -2.43. The number of hydrogen-bond donors (Lipinski definition) is 3. The molecule has 2 atom stereocenters. The molecule has 4 N–H and O–H groups in total. The van der Waals surface area contributed by atoms with Crippen molar-refractivity contribution in [3.8, 4) is 16.9 Å². The Balaban J connectivity index is 1.62. The highest BCUT2D eigenvalue weighted by molar-refractivity contribution is 5.96. The molecule has 0 saturated heterocycles. The van der Waals surface area contributed by atoms with Crippen LogP contribution in [0.1, 0.15) is 24.8 Å². The van der Waals surface area contributed by atoms with Crippen LogP contribution in [0.25, 0.3) is 21.9 Å².